The molecule has 100 valence electrons. The molecule has 5 nitrogen and oxygen atoms in total. The quantitative estimate of drug-likeness (QED) is 0.551. The van der Waals surface area contributed by atoms with E-state index in [-0.39, 0.29) is 17.9 Å². The van der Waals surface area contributed by atoms with Crippen molar-refractivity contribution in [2.75, 3.05) is 0 Å². The Morgan fingerprint density at radius 2 is 1.35 bits per heavy atom. The van der Waals surface area contributed by atoms with E-state index < -0.39 is 18.4 Å². The van der Waals surface area contributed by atoms with Crippen molar-refractivity contribution in [3.63, 3.8) is 0 Å². The molecule has 0 spiro atoms. The molecule has 0 aliphatic carbocycles. The van der Waals surface area contributed by atoms with E-state index in [4.69, 9.17) is 14.2 Å². The maximum absolute atomic E-state index is 11.3. The topological polar surface area (TPSA) is 61.8 Å². The van der Waals surface area contributed by atoms with E-state index in [0.717, 1.165) is 0 Å². The highest BCUT2D eigenvalue weighted by molar-refractivity contribution is 5.71. The number of carbonyl (C=O) groups excluding carboxylic acids is 2. The van der Waals surface area contributed by atoms with Crippen LogP contribution in [0.15, 0.2) is 0 Å². The molecule has 0 rings (SSSR count). The lowest BCUT2D eigenvalue weighted by Crippen LogP contribution is -2.27. The van der Waals surface area contributed by atoms with E-state index in [2.05, 4.69) is 0 Å². The summed E-state index contributed by atoms with van der Waals surface area (Å²) in [6.45, 7) is 10.5. The summed E-state index contributed by atoms with van der Waals surface area (Å²) in [5.41, 5.74) is 0. The van der Waals surface area contributed by atoms with Crippen LogP contribution in [-0.4, -0.2) is 24.5 Å². The Morgan fingerprint density at radius 1 is 0.824 bits per heavy atom. The fourth-order valence-corrected chi connectivity index (χ4v) is 0.775. The molecule has 0 heterocycles. The number of hydrogen-bond acceptors (Lipinski definition) is 5. The molecule has 0 bridgehead atoms. The number of rotatable bonds is 5. The average molecular weight is 246 g/mol. The molecule has 0 saturated carbocycles. The zero-order chi connectivity index (χ0) is 13.6. The van der Waals surface area contributed by atoms with Crippen molar-refractivity contribution >= 4 is 12.1 Å². The van der Waals surface area contributed by atoms with Gasteiger partial charge in [0.15, 0.2) is 0 Å². The van der Waals surface area contributed by atoms with E-state index in [0.29, 0.717) is 0 Å². The van der Waals surface area contributed by atoms with Crippen molar-refractivity contribution in [3.8, 4) is 0 Å². The van der Waals surface area contributed by atoms with Crippen LogP contribution < -0.4 is 0 Å². The Morgan fingerprint density at radius 3 is 1.76 bits per heavy atom. The summed E-state index contributed by atoms with van der Waals surface area (Å²) in [5, 5.41) is 0. The predicted octanol–water partition coefficient (Wildman–Crippen LogP) is 2.73. The van der Waals surface area contributed by atoms with Gasteiger partial charge < -0.3 is 14.2 Å². The maximum atomic E-state index is 11.3. The van der Waals surface area contributed by atoms with Gasteiger partial charge in [0.05, 0.1) is 5.92 Å². The first kappa shape index (κ1) is 15.7. The molecule has 2 atom stereocenters. The second-order valence-corrected chi connectivity index (χ2v) is 4.59. The number of hydrogen-bond donors (Lipinski definition) is 0. The Bertz CT molecular complexity index is 260. The molecule has 0 aromatic heterocycles. The van der Waals surface area contributed by atoms with Gasteiger partial charge in [0.2, 0.25) is 6.29 Å². The highest BCUT2D eigenvalue weighted by Crippen LogP contribution is 2.08. The number of carbonyl (C=O) groups is 2. The van der Waals surface area contributed by atoms with Crippen LogP contribution in [0.1, 0.15) is 41.5 Å². The Hall–Kier alpha value is -1.26. The van der Waals surface area contributed by atoms with E-state index in [1.54, 1.807) is 20.8 Å². The molecule has 0 radical (unpaired) electrons. The van der Waals surface area contributed by atoms with Crippen molar-refractivity contribution in [2.45, 2.75) is 53.9 Å². The van der Waals surface area contributed by atoms with Crippen LogP contribution in [0, 0.1) is 11.8 Å². The van der Waals surface area contributed by atoms with Gasteiger partial charge in [-0.1, -0.05) is 27.7 Å². The third-order valence-corrected chi connectivity index (χ3v) is 2.24. The summed E-state index contributed by atoms with van der Waals surface area (Å²) in [6, 6.07) is 0. The average Bonchev–Trinajstić information content (AvgIpc) is 2.16. The van der Waals surface area contributed by atoms with Crippen LogP contribution in [-0.2, 0) is 19.0 Å². The summed E-state index contributed by atoms with van der Waals surface area (Å²) in [4.78, 5) is 22.5. The fraction of sp³-hybridized carbons (Fsp3) is 0.833. The monoisotopic (exact) mass is 246 g/mol. The van der Waals surface area contributed by atoms with Gasteiger partial charge in [-0.2, -0.15) is 0 Å². The van der Waals surface area contributed by atoms with Crippen LogP contribution in [0.25, 0.3) is 0 Å². The molecule has 0 saturated heterocycles. The van der Waals surface area contributed by atoms with Crippen LogP contribution in [0.4, 0.5) is 4.79 Å². The minimum atomic E-state index is -0.934. The van der Waals surface area contributed by atoms with Crippen LogP contribution in [0.5, 0.6) is 0 Å². The van der Waals surface area contributed by atoms with Crippen molar-refractivity contribution in [1.82, 2.24) is 0 Å². The fourth-order valence-electron chi connectivity index (χ4n) is 0.775. The lowest BCUT2D eigenvalue weighted by molar-refractivity contribution is -0.172. The Labute approximate surface area is 102 Å². The van der Waals surface area contributed by atoms with E-state index in [1.807, 2.05) is 13.8 Å². The molecule has 0 fully saturated rings. The zero-order valence-electron chi connectivity index (χ0n) is 11.4. The second-order valence-electron chi connectivity index (χ2n) is 4.59. The van der Waals surface area contributed by atoms with Crippen molar-refractivity contribution in [1.29, 1.82) is 0 Å². The van der Waals surface area contributed by atoms with E-state index >= 15 is 0 Å². The van der Waals surface area contributed by atoms with Gasteiger partial charge in [-0.05, 0) is 12.8 Å². The normalized spacial score (nSPS) is 14.4. The van der Waals surface area contributed by atoms with Gasteiger partial charge in [0.25, 0.3) is 0 Å². The molecule has 17 heavy (non-hydrogen) atoms. The summed E-state index contributed by atoms with van der Waals surface area (Å²) < 4.78 is 14.6. The number of esters is 1. The molecule has 5 heteroatoms. The highest BCUT2D eigenvalue weighted by atomic mass is 16.8. The molecule has 0 aromatic rings. The molecule has 0 aliphatic heterocycles. The lowest BCUT2D eigenvalue weighted by Gasteiger charge is -2.19. The molecule has 0 amide bonds. The first-order chi connectivity index (χ1) is 7.73. The Kier molecular flexibility index (Phi) is 6.61. The molecule has 2 unspecified atom stereocenters. The highest BCUT2D eigenvalue weighted by Gasteiger charge is 2.19. The largest absolute Gasteiger partial charge is 0.511 e. The third kappa shape index (κ3) is 6.81. The molecule has 0 N–H and O–H groups in total. The van der Waals surface area contributed by atoms with Gasteiger partial charge >= 0.3 is 12.1 Å². The van der Waals surface area contributed by atoms with Gasteiger partial charge in [0.1, 0.15) is 6.10 Å². The van der Waals surface area contributed by atoms with Gasteiger partial charge in [0, 0.05) is 6.92 Å². The summed E-state index contributed by atoms with van der Waals surface area (Å²) >= 11 is 0. The standard InChI is InChI=1S/C12H22O5/c1-7(2)9(5)15-12(14)17-10(6)16-11(13)8(3)4/h7-10H,1-6H3. The van der Waals surface area contributed by atoms with Gasteiger partial charge in [-0.3, -0.25) is 4.79 Å². The maximum Gasteiger partial charge on any atom is 0.511 e. The van der Waals surface area contributed by atoms with E-state index in [1.165, 1.54) is 6.92 Å². The first-order valence-corrected chi connectivity index (χ1v) is 5.81. The Balaban J connectivity index is 4.00. The van der Waals surface area contributed by atoms with Gasteiger partial charge in [-0.15, -0.1) is 0 Å². The minimum Gasteiger partial charge on any atom is -0.431 e. The van der Waals surface area contributed by atoms with Crippen LogP contribution in [0.2, 0.25) is 0 Å². The van der Waals surface area contributed by atoms with Crippen LogP contribution >= 0.6 is 0 Å². The summed E-state index contributed by atoms with van der Waals surface area (Å²) in [7, 11) is 0. The zero-order valence-corrected chi connectivity index (χ0v) is 11.4. The summed E-state index contributed by atoms with van der Waals surface area (Å²) in [5.74, 6) is -0.468. The predicted molar refractivity (Wildman–Crippen MR) is 62.3 cm³/mol. The lowest BCUT2D eigenvalue weighted by atomic mass is 10.1. The first-order valence-electron chi connectivity index (χ1n) is 5.81. The molecular formula is C12H22O5. The van der Waals surface area contributed by atoms with E-state index in [9.17, 15) is 9.59 Å². The third-order valence-electron chi connectivity index (χ3n) is 2.24. The van der Waals surface area contributed by atoms with Crippen molar-refractivity contribution < 1.29 is 23.8 Å². The molecule has 0 aromatic carbocycles. The summed E-state index contributed by atoms with van der Waals surface area (Å²) in [6.07, 6.45) is -2.00. The molecular weight excluding hydrogens is 224 g/mol. The SMILES string of the molecule is CC(OC(=O)OC(C)C(C)C)OC(=O)C(C)C. The minimum absolute atomic E-state index is 0.205. The van der Waals surface area contributed by atoms with Crippen molar-refractivity contribution in [3.05, 3.63) is 0 Å². The smallest absolute Gasteiger partial charge is 0.431 e. The van der Waals surface area contributed by atoms with Gasteiger partial charge in [-0.25, -0.2) is 4.79 Å². The molecule has 0 aliphatic rings. The van der Waals surface area contributed by atoms with Crippen LogP contribution in [0.3, 0.4) is 0 Å². The second kappa shape index (κ2) is 7.14. The van der Waals surface area contributed by atoms with Crippen molar-refractivity contribution in [2.24, 2.45) is 11.8 Å². The number of ether oxygens (including phenoxy) is 3.